The van der Waals surface area contributed by atoms with Crippen molar-refractivity contribution < 1.29 is 14.7 Å². The van der Waals surface area contributed by atoms with Crippen molar-refractivity contribution >= 4 is 28.3 Å². The van der Waals surface area contributed by atoms with Crippen LogP contribution in [-0.2, 0) is 9.59 Å². The lowest BCUT2D eigenvalue weighted by molar-refractivity contribution is -0.136. The van der Waals surface area contributed by atoms with E-state index in [1.54, 1.807) is 6.07 Å². The summed E-state index contributed by atoms with van der Waals surface area (Å²) in [5, 5.41) is 16.4. The Morgan fingerprint density at radius 1 is 1.04 bits per heavy atom. The van der Waals surface area contributed by atoms with Crippen molar-refractivity contribution in [2.75, 3.05) is 11.9 Å². The summed E-state index contributed by atoms with van der Waals surface area (Å²) in [5.74, 6) is -1.32. The molecule has 0 unspecified atom stereocenters. The number of hydrogen-bond acceptors (Lipinski definition) is 3. The fraction of sp³-hybridized carbons (Fsp3) is 0.222. The lowest BCUT2D eigenvalue weighted by Gasteiger charge is -2.12. The van der Waals surface area contributed by atoms with Crippen LogP contribution < -0.4 is 10.6 Å². The fourth-order valence-corrected chi connectivity index (χ4v) is 2.71. The lowest BCUT2D eigenvalue weighted by Crippen LogP contribution is -2.40. The minimum absolute atomic E-state index is 0.0452. The number of benzene rings is 2. The monoisotopic (exact) mass is 310 g/mol. The zero-order valence-corrected chi connectivity index (χ0v) is 12.5. The van der Waals surface area contributed by atoms with E-state index >= 15 is 0 Å². The van der Waals surface area contributed by atoms with Gasteiger partial charge in [0.1, 0.15) is 0 Å². The number of amides is 2. The van der Waals surface area contributed by atoms with Gasteiger partial charge in [0.25, 0.3) is 0 Å². The Kier molecular flexibility index (Phi) is 4.39. The molecule has 2 atom stereocenters. The van der Waals surface area contributed by atoms with Gasteiger partial charge in [0, 0.05) is 24.3 Å². The molecule has 2 aromatic rings. The first-order valence-corrected chi connectivity index (χ1v) is 7.55. The zero-order valence-electron chi connectivity index (χ0n) is 12.5. The average molecular weight is 310 g/mol. The number of fused-ring (bicyclic) bond motifs is 1. The maximum atomic E-state index is 12.0. The summed E-state index contributed by atoms with van der Waals surface area (Å²) in [6.45, 7) is 0.0478. The van der Waals surface area contributed by atoms with E-state index < -0.39 is 11.8 Å². The number of rotatable bonds is 3. The molecule has 0 aliphatic heterocycles. The summed E-state index contributed by atoms with van der Waals surface area (Å²) in [6, 6.07) is 13.1. The topological polar surface area (TPSA) is 78.4 Å². The second-order valence-electron chi connectivity index (χ2n) is 5.66. The molecular weight excluding hydrogens is 292 g/mol. The van der Waals surface area contributed by atoms with Gasteiger partial charge in [0.05, 0.1) is 0 Å². The normalized spacial score (nSPS) is 19.7. The van der Waals surface area contributed by atoms with E-state index in [-0.39, 0.29) is 18.6 Å². The van der Waals surface area contributed by atoms with E-state index in [1.807, 2.05) is 48.6 Å². The van der Waals surface area contributed by atoms with Crippen molar-refractivity contribution in [3.05, 3.63) is 54.6 Å². The Hall–Kier alpha value is -2.66. The molecule has 0 heterocycles. The Bertz CT molecular complexity index is 770. The standard InChI is InChI=1S/C18H18N2O3/c21-11-12-5-7-15(9-12)19-17(22)18(23)20-16-8-6-13-3-1-2-4-14(13)10-16/h1-8,10,12,15,21H,9,11H2,(H,19,22)(H,20,23)/t12-,15+/m0/s1. The number of carbonyl (C=O) groups excluding carboxylic acids is 2. The molecule has 3 N–H and O–H groups in total. The summed E-state index contributed by atoms with van der Waals surface area (Å²) in [6.07, 6.45) is 4.28. The third kappa shape index (κ3) is 3.57. The highest BCUT2D eigenvalue weighted by Crippen LogP contribution is 2.19. The van der Waals surface area contributed by atoms with Gasteiger partial charge in [-0.2, -0.15) is 0 Å². The van der Waals surface area contributed by atoms with Gasteiger partial charge in [-0.05, 0) is 29.3 Å². The molecule has 23 heavy (non-hydrogen) atoms. The quantitative estimate of drug-likeness (QED) is 0.598. The highest BCUT2D eigenvalue weighted by atomic mass is 16.3. The van der Waals surface area contributed by atoms with Gasteiger partial charge in [0.2, 0.25) is 0 Å². The van der Waals surface area contributed by atoms with Gasteiger partial charge in [-0.3, -0.25) is 9.59 Å². The van der Waals surface area contributed by atoms with Crippen LogP contribution in [0.25, 0.3) is 10.8 Å². The highest BCUT2D eigenvalue weighted by molar-refractivity contribution is 6.39. The second-order valence-corrected chi connectivity index (χ2v) is 5.66. The van der Waals surface area contributed by atoms with E-state index in [2.05, 4.69) is 10.6 Å². The summed E-state index contributed by atoms with van der Waals surface area (Å²) >= 11 is 0. The van der Waals surface area contributed by atoms with Gasteiger partial charge in [-0.25, -0.2) is 0 Å². The molecule has 0 fully saturated rings. The molecule has 0 spiro atoms. The van der Waals surface area contributed by atoms with Crippen LogP contribution in [0.15, 0.2) is 54.6 Å². The Morgan fingerprint density at radius 3 is 2.57 bits per heavy atom. The summed E-state index contributed by atoms with van der Waals surface area (Å²) in [5.41, 5.74) is 0.582. The van der Waals surface area contributed by atoms with Gasteiger partial charge in [0.15, 0.2) is 0 Å². The van der Waals surface area contributed by atoms with Crippen LogP contribution in [0.5, 0.6) is 0 Å². The van der Waals surface area contributed by atoms with Crippen molar-refractivity contribution in [2.24, 2.45) is 5.92 Å². The molecule has 3 rings (SSSR count). The van der Waals surface area contributed by atoms with Gasteiger partial charge in [-0.1, -0.05) is 42.5 Å². The third-order valence-electron chi connectivity index (χ3n) is 3.94. The second kappa shape index (κ2) is 6.62. The molecule has 2 aromatic carbocycles. The van der Waals surface area contributed by atoms with Gasteiger partial charge in [-0.15, -0.1) is 0 Å². The van der Waals surface area contributed by atoms with E-state index in [0.29, 0.717) is 12.1 Å². The molecule has 0 saturated heterocycles. The molecule has 118 valence electrons. The largest absolute Gasteiger partial charge is 0.396 e. The van der Waals surface area contributed by atoms with Crippen molar-refractivity contribution in [2.45, 2.75) is 12.5 Å². The molecular formula is C18H18N2O3. The maximum Gasteiger partial charge on any atom is 0.313 e. The van der Waals surface area contributed by atoms with E-state index in [4.69, 9.17) is 5.11 Å². The molecule has 0 aromatic heterocycles. The van der Waals surface area contributed by atoms with Crippen molar-refractivity contribution in [3.8, 4) is 0 Å². The first kappa shape index (κ1) is 15.2. The number of aliphatic hydroxyl groups is 1. The van der Waals surface area contributed by atoms with Gasteiger partial charge < -0.3 is 15.7 Å². The van der Waals surface area contributed by atoms with Crippen molar-refractivity contribution in [3.63, 3.8) is 0 Å². The minimum Gasteiger partial charge on any atom is -0.396 e. The fourth-order valence-electron chi connectivity index (χ4n) is 2.71. The van der Waals surface area contributed by atoms with Crippen LogP contribution in [0, 0.1) is 5.92 Å². The predicted molar refractivity (Wildman–Crippen MR) is 88.8 cm³/mol. The maximum absolute atomic E-state index is 12.0. The Labute approximate surface area is 134 Å². The minimum atomic E-state index is -0.693. The molecule has 0 bridgehead atoms. The molecule has 1 aliphatic carbocycles. The molecule has 2 amide bonds. The number of hydrogen-bond donors (Lipinski definition) is 3. The number of nitrogens with one attached hydrogen (secondary N) is 2. The molecule has 1 aliphatic rings. The smallest absolute Gasteiger partial charge is 0.313 e. The van der Waals surface area contributed by atoms with E-state index in [1.165, 1.54) is 0 Å². The van der Waals surface area contributed by atoms with Crippen LogP contribution in [-0.4, -0.2) is 29.6 Å². The summed E-state index contributed by atoms with van der Waals surface area (Å²) < 4.78 is 0. The van der Waals surface area contributed by atoms with Gasteiger partial charge >= 0.3 is 11.8 Å². The number of anilines is 1. The molecule has 5 nitrogen and oxygen atoms in total. The predicted octanol–water partition coefficient (Wildman–Crippen LogP) is 1.83. The first-order chi connectivity index (χ1) is 11.2. The SMILES string of the molecule is O=C(Nc1ccc2ccccc2c1)C(=O)N[C@@H]1C=C[C@H](CO)C1. The lowest BCUT2D eigenvalue weighted by atomic mass is 10.1. The molecule has 0 radical (unpaired) electrons. The Balaban J connectivity index is 1.61. The average Bonchev–Trinajstić information content (AvgIpc) is 3.02. The van der Waals surface area contributed by atoms with Crippen molar-refractivity contribution in [1.82, 2.24) is 5.32 Å². The number of aliphatic hydroxyl groups excluding tert-OH is 1. The summed E-state index contributed by atoms with van der Waals surface area (Å²) in [7, 11) is 0. The van der Waals surface area contributed by atoms with E-state index in [0.717, 1.165) is 10.8 Å². The molecule has 5 heteroatoms. The zero-order chi connectivity index (χ0) is 16.2. The highest BCUT2D eigenvalue weighted by Gasteiger charge is 2.22. The van der Waals surface area contributed by atoms with Crippen molar-refractivity contribution in [1.29, 1.82) is 0 Å². The first-order valence-electron chi connectivity index (χ1n) is 7.55. The van der Waals surface area contributed by atoms with Crippen LogP contribution in [0.4, 0.5) is 5.69 Å². The van der Waals surface area contributed by atoms with Crippen LogP contribution in [0.1, 0.15) is 6.42 Å². The molecule has 0 saturated carbocycles. The third-order valence-corrected chi connectivity index (χ3v) is 3.94. The van der Waals surface area contributed by atoms with E-state index in [9.17, 15) is 9.59 Å². The van der Waals surface area contributed by atoms with Crippen LogP contribution in [0.3, 0.4) is 0 Å². The summed E-state index contributed by atoms with van der Waals surface area (Å²) in [4.78, 5) is 23.9. The Morgan fingerprint density at radius 2 is 1.83 bits per heavy atom. The van der Waals surface area contributed by atoms with Crippen LogP contribution in [0.2, 0.25) is 0 Å². The number of carbonyl (C=O) groups is 2. The van der Waals surface area contributed by atoms with Crippen LogP contribution >= 0.6 is 0 Å².